The molecule has 0 aliphatic carbocycles. The van der Waals surface area contributed by atoms with Crippen LogP contribution in [0.3, 0.4) is 0 Å². The fourth-order valence-corrected chi connectivity index (χ4v) is 4.29. The number of hydrogen-bond donors (Lipinski definition) is 2. The molecule has 2 rings (SSSR count). The lowest BCUT2D eigenvalue weighted by Crippen LogP contribution is -2.30. The first-order valence-electron chi connectivity index (χ1n) is 14.8. The van der Waals surface area contributed by atoms with Crippen molar-refractivity contribution in [3.05, 3.63) is 71.3 Å². The van der Waals surface area contributed by atoms with E-state index in [2.05, 4.69) is 62.6 Å². The largest absolute Gasteiger partial charge is 0.493 e. The molecule has 7 nitrogen and oxygen atoms in total. The van der Waals surface area contributed by atoms with Gasteiger partial charge in [-0.05, 0) is 73.3 Å². The molecule has 2 aromatic rings. The quantitative estimate of drug-likeness (QED) is 0.0990. The topological polar surface area (TPSA) is 93.7 Å². The number of benzene rings is 2. The van der Waals surface area contributed by atoms with Gasteiger partial charge in [-0.1, -0.05) is 70.2 Å². The molecule has 0 heterocycles. The lowest BCUT2D eigenvalue weighted by molar-refractivity contribution is -0.134. The summed E-state index contributed by atoms with van der Waals surface area (Å²) in [5.41, 5.74) is 3.03. The van der Waals surface area contributed by atoms with Gasteiger partial charge in [-0.25, -0.2) is 0 Å². The summed E-state index contributed by atoms with van der Waals surface area (Å²) in [6, 6.07) is 13.3. The Morgan fingerprint density at radius 3 is 2.22 bits per heavy atom. The maximum Gasteiger partial charge on any atom is 0.313 e. The molecule has 0 aromatic heterocycles. The number of esters is 1. The molecule has 0 aliphatic heterocycles. The SMILES string of the molecule is COc1cc(CNC(=O)CCCC/C=C/C(C)C)ccc1OC(=O)CCNC(=O)C(C)c1ccc(CC(C)C)cc1. The third kappa shape index (κ3) is 13.1. The Balaban J connectivity index is 1.75. The van der Waals surface area contributed by atoms with Crippen molar-refractivity contribution in [2.45, 2.75) is 85.6 Å². The number of hydrogen-bond acceptors (Lipinski definition) is 5. The van der Waals surface area contributed by atoms with Gasteiger partial charge in [0.1, 0.15) is 0 Å². The van der Waals surface area contributed by atoms with Crippen molar-refractivity contribution >= 4 is 17.8 Å². The second-order valence-electron chi connectivity index (χ2n) is 11.3. The van der Waals surface area contributed by atoms with Gasteiger partial charge < -0.3 is 20.1 Å². The smallest absolute Gasteiger partial charge is 0.313 e. The van der Waals surface area contributed by atoms with Crippen molar-refractivity contribution in [1.82, 2.24) is 10.6 Å². The molecular formula is C34H48N2O5. The van der Waals surface area contributed by atoms with E-state index in [0.717, 1.165) is 36.8 Å². The fourth-order valence-electron chi connectivity index (χ4n) is 4.29. The van der Waals surface area contributed by atoms with E-state index in [1.807, 2.05) is 19.1 Å². The highest BCUT2D eigenvalue weighted by atomic mass is 16.6. The zero-order valence-electron chi connectivity index (χ0n) is 25.6. The van der Waals surface area contributed by atoms with E-state index in [4.69, 9.17) is 9.47 Å². The zero-order chi connectivity index (χ0) is 30.2. The molecule has 2 N–H and O–H groups in total. The Kier molecular flexibility index (Phi) is 14.7. The zero-order valence-corrected chi connectivity index (χ0v) is 25.6. The first-order chi connectivity index (χ1) is 19.6. The molecule has 0 saturated carbocycles. The molecule has 0 bridgehead atoms. The van der Waals surface area contributed by atoms with E-state index in [9.17, 15) is 14.4 Å². The Morgan fingerprint density at radius 1 is 0.854 bits per heavy atom. The first-order valence-corrected chi connectivity index (χ1v) is 14.8. The van der Waals surface area contributed by atoms with Crippen LogP contribution in [-0.4, -0.2) is 31.4 Å². The highest BCUT2D eigenvalue weighted by molar-refractivity contribution is 5.83. The molecule has 224 valence electrons. The number of carbonyl (C=O) groups is 3. The minimum absolute atomic E-state index is 0.00631. The van der Waals surface area contributed by atoms with Gasteiger partial charge in [-0.3, -0.25) is 14.4 Å². The Bertz CT molecular complexity index is 1140. The van der Waals surface area contributed by atoms with Crippen molar-refractivity contribution in [2.24, 2.45) is 11.8 Å². The van der Waals surface area contributed by atoms with E-state index in [1.54, 1.807) is 18.2 Å². The molecule has 41 heavy (non-hydrogen) atoms. The Hall–Kier alpha value is -3.61. The molecule has 0 spiro atoms. The van der Waals surface area contributed by atoms with Crippen molar-refractivity contribution in [3.63, 3.8) is 0 Å². The molecule has 0 fully saturated rings. The summed E-state index contributed by atoms with van der Waals surface area (Å²) in [5.74, 6) is 0.902. The lowest BCUT2D eigenvalue weighted by atomic mass is 9.96. The van der Waals surface area contributed by atoms with Crippen molar-refractivity contribution in [3.8, 4) is 11.5 Å². The van der Waals surface area contributed by atoms with Gasteiger partial charge in [0.15, 0.2) is 11.5 Å². The lowest BCUT2D eigenvalue weighted by Gasteiger charge is -2.14. The molecule has 1 unspecified atom stereocenters. The number of rotatable bonds is 17. The predicted octanol–water partition coefficient (Wildman–Crippen LogP) is 6.50. The van der Waals surface area contributed by atoms with Gasteiger partial charge in [-0.15, -0.1) is 0 Å². The number of carbonyl (C=O) groups excluding carboxylic acids is 3. The summed E-state index contributed by atoms with van der Waals surface area (Å²) in [6.45, 7) is 11.0. The van der Waals surface area contributed by atoms with Crippen molar-refractivity contribution < 1.29 is 23.9 Å². The summed E-state index contributed by atoms with van der Waals surface area (Å²) in [4.78, 5) is 37.2. The van der Waals surface area contributed by atoms with Gasteiger partial charge in [-0.2, -0.15) is 0 Å². The van der Waals surface area contributed by atoms with Crippen molar-refractivity contribution in [2.75, 3.05) is 13.7 Å². The highest BCUT2D eigenvalue weighted by Gasteiger charge is 2.16. The van der Waals surface area contributed by atoms with Crippen LogP contribution in [0.5, 0.6) is 11.5 Å². The van der Waals surface area contributed by atoms with Crippen LogP contribution in [0.15, 0.2) is 54.6 Å². The molecule has 7 heteroatoms. The van der Waals surface area contributed by atoms with Crippen LogP contribution in [0.2, 0.25) is 0 Å². The summed E-state index contributed by atoms with van der Waals surface area (Å²) in [5, 5.41) is 5.75. The van der Waals surface area contributed by atoms with E-state index in [1.165, 1.54) is 12.7 Å². The summed E-state index contributed by atoms with van der Waals surface area (Å²) >= 11 is 0. The standard InChI is InChI=1S/C34H48N2O5/c1-24(2)11-9-7-8-10-12-32(37)36-23-28-15-18-30(31(22-28)40-6)41-33(38)19-20-35-34(39)26(5)29-16-13-27(14-17-29)21-25(3)4/h9,11,13-18,22,24-26H,7-8,10,12,19-21,23H2,1-6H3,(H,35,39)(H,36,37)/b11-9+. The number of unbranched alkanes of at least 4 members (excludes halogenated alkanes) is 2. The molecule has 2 aromatic carbocycles. The number of amides is 2. The number of methoxy groups -OCH3 is 1. The highest BCUT2D eigenvalue weighted by Crippen LogP contribution is 2.28. The predicted molar refractivity (Wildman–Crippen MR) is 164 cm³/mol. The second kappa shape index (κ2) is 17.9. The normalized spacial score (nSPS) is 12.0. The van der Waals surface area contributed by atoms with Crippen LogP contribution in [0.1, 0.15) is 89.3 Å². The van der Waals surface area contributed by atoms with Crippen LogP contribution in [0, 0.1) is 11.8 Å². The molecule has 0 saturated heterocycles. The first kappa shape index (κ1) is 33.6. The van der Waals surface area contributed by atoms with Crippen LogP contribution in [0.25, 0.3) is 0 Å². The van der Waals surface area contributed by atoms with Crippen LogP contribution in [0.4, 0.5) is 0 Å². The third-order valence-electron chi connectivity index (χ3n) is 6.63. The molecular weight excluding hydrogens is 516 g/mol. The molecule has 0 radical (unpaired) electrons. The van der Waals surface area contributed by atoms with Gasteiger partial charge in [0.25, 0.3) is 0 Å². The van der Waals surface area contributed by atoms with Crippen LogP contribution >= 0.6 is 0 Å². The van der Waals surface area contributed by atoms with Crippen LogP contribution in [-0.2, 0) is 27.3 Å². The fraction of sp³-hybridized carbons (Fsp3) is 0.500. The van der Waals surface area contributed by atoms with E-state index >= 15 is 0 Å². The Morgan fingerprint density at radius 2 is 1.56 bits per heavy atom. The van der Waals surface area contributed by atoms with Gasteiger partial charge in [0.2, 0.25) is 11.8 Å². The van der Waals surface area contributed by atoms with Crippen molar-refractivity contribution in [1.29, 1.82) is 0 Å². The summed E-state index contributed by atoms with van der Waals surface area (Å²) in [7, 11) is 1.50. The van der Waals surface area contributed by atoms with Gasteiger partial charge in [0.05, 0.1) is 19.4 Å². The average Bonchev–Trinajstić information content (AvgIpc) is 2.93. The average molecular weight is 565 g/mol. The van der Waals surface area contributed by atoms with Crippen LogP contribution < -0.4 is 20.1 Å². The molecule has 1 atom stereocenters. The third-order valence-corrected chi connectivity index (χ3v) is 6.63. The Labute approximate surface area is 246 Å². The maximum absolute atomic E-state index is 12.6. The van der Waals surface area contributed by atoms with Gasteiger partial charge >= 0.3 is 5.97 Å². The van der Waals surface area contributed by atoms with Gasteiger partial charge in [0, 0.05) is 19.5 Å². The minimum Gasteiger partial charge on any atom is -0.493 e. The second-order valence-corrected chi connectivity index (χ2v) is 11.3. The van der Waals surface area contributed by atoms with E-state index in [0.29, 0.717) is 36.3 Å². The summed E-state index contributed by atoms with van der Waals surface area (Å²) < 4.78 is 10.9. The number of ether oxygens (including phenoxy) is 2. The monoisotopic (exact) mass is 564 g/mol. The minimum atomic E-state index is -0.474. The molecule has 2 amide bonds. The van der Waals surface area contributed by atoms with E-state index in [-0.39, 0.29) is 30.7 Å². The molecule has 0 aliphatic rings. The summed E-state index contributed by atoms with van der Waals surface area (Å²) in [6.07, 6.45) is 8.70. The number of nitrogens with one attached hydrogen (secondary N) is 2. The number of allylic oxidation sites excluding steroid dienone is 2. The maximum atomic E-state index is 12.6. The van der Waals surface area contributed by atoms with E-state index < -0.39 is 5.97 Å².